The molecule has 0 aliphatic carbocycles. The van der Waals surface area contributed by atoms with Gasteiger partial charge in [0.1, 0.15) is 0 Å². The quantitative estimate of drug-likeness (QED) is 0.464. The SMILES string of the molecule is [Ca+2].[O-]c1cccc2cccnc12.[O-]c1cccc2cccnc12. The molecule has 23 heavy (non-hydrogen) atoms. The van der Waals surface area contributed by atoms with E-state index in [-0.39, 0.29) is 49.2 Å². The molecule has 0 amide bonds. The number of hydrogen-bond acceptors (Lipinski definition) is 4. The molecule has 0 fully saturated rings. The van der Waals surface area contributed by atoms with Gasteiger partial charge in [-0.25, -0.2) is 0 Å². The summed E-state index contributed by atoms with van der Waals surface area (Å²) in [6.07, 6.45) is 3.26. The Hall–Kier alpha value is -1.88. The van der Waals surface area contributed by atoms with E-state index in [4.69, 9.17) is 0 Å². The summed E-state index contributed by atoms with van der Waals surface area (Å²) in [4.78, 5) is 7.94. The van der Waals surface area contributed by atoms with Gasteiger partial charge in [0.25, 0.3) is 0 Å². The molecule has 108 valence electrons. The zero-order valence-electron chi connectivity index (χ0n) is 12.3. The summed E-state index contributed by atoms with van der Waals surface area (Å²) in [7, 11) is 0. The number of pyridine rings is 2. The molecular formula is C18H12CaN2O2. The molecule has 0 spiro atoms. The van der Waals surface area contributed by atoms with Crippen LogP contribution in [0.15, 0.2) is 73.1 Å². The van der Waals surface area contributed by atoms with Crippen LogP contribution < -0.4 is 10.2 Å². The monoisotopic (exact) mass is 328 g/mol. The first-order valence-corrected chi connectivity index (χ1v) is 6.77. The Labute approximate surface area is 163 Å². The Morgan fingerprint density at radius 2 is 0.957 bits per heavy atom. The Morgan fingerprint density at radius 3 is 1.35 bits per heavy atom. The summed E-state index contributed by atoms with van der Waals surface area (Å²) >= 11 is 0. The van der Waals surface area contributed by atoms with Crippen molar-refractivity contribution in [2.24, 2.45) is 0 Å². The minimum atomic E-state index is -0.0110. The van der Waals surface area contributed by atoms with E-state index in [0.717, 1.165) is 10.8 Å². The van der Waals surface area contributed by atoms with Crippen LogP contribution in [0.25, 0.3) is 21.8 Å². The molecule has 0 radical (unpaired) electrons. The molecule has 0 saturated heterocycles. The van der Waals surface area contributed by atoms with E-state index in [2.05, 4.69) is 9.97 Å². The minimum absolute atomic E-state index is 0. The summed E-state index contributed by atoms with van der Waals surface area (Å²) in [5.41, 5.74) is 1.10. The summed E-state index contributed by atoms with van der Waals surface area (Å²) in [5, 5.41) is 24.0. The van der Waals surface area contributed by atoms with Gasteiger partial charge < -0.3 is 10.2 Å². The van der Waals surface area contributed by atoms with Crippen molar-refractivity contribution in [3.05, 3.63) is 73.1 Å². The average molecular weight is 328 g/mol. The van der Waals surface area contributed by atoms with Crippen LogP contribution in [-0.2, 0) is 0 Å². The smallest absolute Gasteiger partial charge is 0.871 e. The van der Waals surface area contributed by atoms with Crippen LogP contribution >= 0.6 is 0 Å². The van der Waals surface area contributed by atoms with E-state index in [0.29, 0.717) is 11.0 Å². The second kappa shape index (κ2) is 8.11. The zero-order valence-corrected chi connectivity index (χ0v) is 14.6. The average Bonchev–Trinajstić information content (AvgIpc) is 2.57. The maximum absolute atomic E-state index is 11.1. The number of fused-ring (bicyclic) bond motifs is 2. The molecule has 5 heteroatoms. The van der Waals surface area contributed by atoms with Crippen molar-refractivity contribution in [2.45, 2.75) is 0 Å². The third-order valence-corrected chi connectivity index (χ3v) is 3.19. The fraction of sp³-hybridized carbons (Fsp3) is 0. The predicted molar refractivity (Wildman–Crippen MR) is 88.1 cm³/mol. The molecule has 2 heterocycles. The molecule has 4 nitrogen and oxygen atoms in total. The first kappa shape index (κ1) is 17.5. The molecule has 0 unspecified atom stereocenters. The van der Waals surface area contributed by atoms with Gasteiger partial charge in [-0.15, -0.1) is 0 Å². The van der Waals surface area contributed by atoms with Gasteiger partial charge in [0.05, 0.1) is 11.0 Å². The topological polar surface area (TPSA) is 71.9 Å². The zero-order chi connectivity index (χ0) is 15.4. The largest absolute Gasteiger partial charge is 2.00 e. The van der Waals surface area contributed by atoms with E-state index >= 15 is 0 Å². The van der Waals surface area contributed by atoms with Crippen molar-refractivity contribution in [1.82, 2.24) is 9.97 Å². The molecule has 4 aromatic rings. The summed E-state index contributed by atoms with van der Waals surface area (Å²) in [6.45, 7) is 0. The molecule has 2 aromatic carbocycles. The van der Waals surface area contributed by atoms with Crippen LogP contribution in [0.4, 0.5) is 0 Å². The van der Waals surface area contributed by atoms with Crippen molar-refractivity contribution in [3.63, 3.8) is 0 Å². The number of para-hydroxylation sites is 2. The third-order valence-electron chi connectivity index (χ3n) is 3.19. The Bertz CT molecular complexity index is 841. The van der Waals surface area contributed by atoms with Gasteiger partial charge >= 0.3 is 37.7 Å². The van der Waals surface area contributed by atoms with Crippen LogP contribution in [0.5, 0.6) is 11.5 Å². The van der Waals surface area contributed by atoms with Gasteiger partial charge in [0, 0.05) is 12.4 Å². The molecule has 0 aliphatic heterocycles. The second-order valence-corrected chi connectivity index (χ2v) is 4.66. The van der Waals surface area contributed by atoms with E-state index in [1.54, 1.807) is 24.5 Å². The van der Waals surface area contributed by atoms with Gasteiger partial charge in [-0.2, -0.15) is 0 Å². The molecule has 2 aromatic heterocycles. The predicted octanol–water partition coefficient (Wildman–Crippen LogP) is 2.24. The molecule has 0 N–H and O–H groups in total. The molecule has 0 atom stereocenters. The van der Waals surface area contributed by atoms with Gasteiger partial charge in [0.2, 0.25) is 0 Å². The number of benzene rings is 2. The van der Waals surface area contributed by atoms with Crippen LogP contribution in [0.1, 0.15) is 0 Å². The summed E-state index contributed by atoms with van der Waals surface area (Å²) < 4.78 is 0. The van der Waals surface area contributed by atoms with Gasteiger partial charge in [-0.05, 0) is 22.9 Å². The van der Waals surface area contributed by atoms with Crippen molar-refractivity contribution in [3.8, 4) is 11.5 Å². The number of hydrogen-bond donors (Lipinski definition) is 0. The fourth-order valence-corrected chi connectivity index (χ4v) is 2.15. The van der Waals surface area contributed by atoms with Crippen LogP contribution in [0.2, 0.25) is 0 Å². The summed E-state index contributed by atoms with van der Waals surface area (Å²) in [6, 6.07) is 17.7. The van der Waals surface area contributed by atoms with Crippen molar-refractivity contribution in [2.75, 3.05) is 0 Å². The molecule has 0 bridgehead atoms. The Kier molecular flexibility index (Phi) is 6.16. The van der Waals surface area contributed by atoms with Crippen molar-refractivity contribution in [1.29, 1.82) is 0 Å². The first-order valence-electron chi connectivity index (χ1n) is 6.77. The fourth-order valence-electron chi connectivity index (χ4n) is 2.15. The first-order chi connectivity index (χ1) is 10.8. The van der Waals surface area contributed by atoms with Crippen molar-refractivity contribution < 1.29 is 10.2 Å². The molecular weight excluding hydrogens is 316 g/mol. The van der Waals surface area contributed by atoms with E-state index in [1.807, 2.05) is 36.4 Å². The standard InChI is InChI=1S/2C9H7NO.Ca/c2*11-8-5-1-3-7-4-2-6-10-9(7)8;/h2*1-6,11H;/q;;+2/p-2. The number of nitrogens with zero attached hydrogens (tertiary/aromatic N) is 2. The Morgan fingerprint density at radius 1 is 0.565 bits per heavy atom. The molecule has 0 saturated carbocycles. The maximum Gasteiger partial charge on any atom is 2.00 e. The number of aromatic nitrogens is 2. The van der Waals surface area contributed by atoms with E-state index in [1.165, 1.54) is 12.1 Å². The van der Waals surface area contributed by atoms with E-state index in [9.17, 15) is 10.2 Å². The summed E-state index contributed by atoms with van der Waals surface area (Å²) in [5.74, 6) is -0.0220. The van der Waals surface area contributed by atoms with Crippen LogP contribution in [0.3, 0.4) is 0 Å². The second-order valence-electron chi connectivity index (χ2n) is 4.66. The maximum atomic E-state index is 11.1. The van der Waals surface area contributed by atoms with Crippen LogP contribution in [-0.4, -0.2) is 47.7 Å². The third kappa shape index (κ3) is 4.10. The molecule has 0 aliphatic rings. The number of rotatable bonds is 0. The van der Waals surface area contributed by atoms with Gasteiger partial charge in [-0.1, -0.05) is 60.0 Å². The minimum Gasteiger partial charge on any atom is -0.871 e. The molecule has 4 rings (SSSR count). The Balaban J connectivity index is 0.000000160. The normalized spacial score (nSPS) is 9.74. The van der Waals surface area contributed by atoms with Crippen molar-refractivity contribution >= 4 is 59.5 Å². The van der Waals surface area contributed by atoms with E-state index < -0.39 is 0 Å². The van der Waals surface area contributed by atoms with Gasteiger partial charge in [0.15, 0.2) is 0 Å². The van der Waals surface area contributed by atoms with Crippen LogP contribution in [0, 0.1) is 0 Å². The van der Waals surface area contributed by atoms with Gasteiger partial charge in [-0.3, -0.25) is 9.97 Å².